The van der Waals surface area contributed by atoms with E-state index in [9.17, 15) is 0 Å². The molecule has 0 spiro atoms. The van der Waals surface area contributed by atoms with Crippen LogP contribution in [0.25, 0.3) is 110 Å². The average Bonchev–Trinajstić information content (AvgIpc) is 3.86. The van der Waals surface area contributed by atoms with Crippen LogP contribution in [-0.2, 0) is 0 Å². The Morgan fingerprint density at radius 2 is 0.981 bits per heavy atom. The molecule has 0 saturated carbocycles. The molecule has 3 aromatic heterocycles. The van der Waals surface area contributed by atoms with Gasteiger partial charge in [-0.1, -0.05) is 140 Å². The van der Waals surface area contributed by atoms with Crippen molar-refractivity contribution in [2.45, 2.75) is 0 Å². The standard InChI is InChI=1S/C48H28N4OS/c1-3-14-30(15-4-1)45-50-46(31-16-5-2-6-17-31)52-47(51-45)37-26-25-36(34-19-9-10-20-35(34)37)39-28-41-42(38-21-11-12-22-40(38)54-41)44-43(39)49-48(53-44)33-24-23-29-13-7-8-18-32(29)27-33/h1-28H. The largest absolute Gasteiger partial charge is 0.435 e. The highest BCUT2D eigenvalue weighted by molar-refractivity contribution is 7.26. The lowest BCUT2D eigenvalue weighted by Gasteiger charge is -2.13. The van der Waals surface area contributed by atoms with Crippen molar-refractivity contribution in [1.82, 2.24) is 19.9 Å². The maximum Gasteiger partial charge on any atom is 0.227 e. The summed E-state index contributed by atoms with van der Waals surface area (Å²) in [5.74, 6) is 2.49. The lowest BCUT2D eigenvalue weighted by atomic mass is 9.93. The molecule has 0 saturated heterocycles. The van der Waals surface area contributed by atoms with E-state index in [2.05, 4.69) is 109 Å². The van der Waals surface area contributed by atoms with Gasteiger partial charge in [-0.15, -0.1) is 11.3 Å². The van der Waals surface area contributed by atoms with Crippen LogP contribution in [0.5, 0.6) is 0 Å². The maximum absolute atomic E-state index is 6.83. The zero-order valence-electron chi connectivity index (χ0n) is 28.8. The molecule has 0 fully saturated rings. The van der Waals surface area contributed by atoms with E-state index in [1.54, 1.807) is 11.3 Å². The molecule has 8 aromatic carbocycles. The first-order chi connectivity index (χ1) is 26.7. The summed E-state index contributed by atoms with van der Waals surface area (Å²) in [5, 5.41) is 6.72. The summed E-state index contributed by atoms with van der Waals surface area (Å²) < 4.78 is 9.20. The van der Waals surface area contributed by atoms with E-state index < -0.39 is 0 Å². The maximum atomic E-state index is 6.83. The van der Waals surface area contributed by atoms with E-state index >= 15 is 0 Å². The van der Waals surface area contributed by atoms with Gasteiger partial charge in [0.05, 0.1) is 0 Å². The second-order valence-electron chi connectivity index (χ2n) is 13.4. The Hall–Kier alpha value is -7.02. The Bertz CT molecular complexity index is 3170. The molecule has 11 rings (SSSR count). The molecule has 11 aromatic rings. The lowest BCUT2D eigenvalue weighted by Crippen LogP contribution is -2.00. The fourth-order valence-corrected chi connectivity index (χ4v) is 8.73. The highest BCUT2D eigenvalue weighted by Crippen LogP contribution is 2.46. The summed E-state index contributed by atoms with van der Waals surface area (Å²) in [6.07, 6.45) is 0. The number of thiophene rings is 1. The average molecular weight is 709 g/mol. The van der Waals surface area contributed by atoms with Gasteiger partial charge in [0.2, 0.25) is 5.89 Å². The number of rotatable bonds is 5. The summed E-state index contributed by atoms with van der Waals surface area (Å²) in [7, 11) is 0. The molecule has 6 heteroatoms. The Morgan fingerprint density at radius 3 is 1.72 bits per heavy atom. The van der Waals surface area contributed by atoms with Crippen LogP contribution in [0, 0.1) is 0 Å². The van der Waals surface area contributed by atoms with Crippen molar-refractivity contribution in [1.29, 1.82) is 0 Å². The smallest absolute Gasteiger partial charge is 0.227 e. The second kappa shape index (κ2) is 12.3. The van der Waals surface area contributed by atoms with Crippen LogP contribution in [0.4, 0.5) is 0 Å². The van der Waals surface area contributed by atoms with Gasteiger partial charge in [-0.05, 0) is 57.4 Å². The van der Waals surface area contributed by atoms with Gasteiger partial charge in [0.1, 0.15) is 5.52 Å². The van der Waals surface area contributed by atoms with Gasteiger partial charge in [-0.25, -0.2) is 19.9 Å². The zero-order valence-corrected chi connectivity index (χ0v) is 29.6. The first kappa shape index (κ1) is 30.6. The highest BCUT2D eigenvalue weighted by Gasteiger charge is 2.22. The van der Waals surface area contributed by atoms with Crippen molar-refractivity contribution in [3.63, 3.8) is 0 Å². The quantitative estimate of drug-likeness (QED) is 0.178. The summed E-state index contributed by atoms with van der Waals surface area (Å²) >= 11 is 1.78. The van der Waals surface area contributed by atoms with Crippen LogP contribution >= 0.6 is 11.3 Å². The van der Waals surface area contributed by atoms with Crippen LogP contribution in [0.2, 0.25) is 0 Å². The summed E-state index contributed by atoms with van der Waals surface area (Å²) in [6, 6.07) is 58.6. The Balaban J connectivity index is 1.15. The van der Waals surface area contributed by atoms with Crippen molar-refractivity contribution in [2.24, 2.45) is 0 Å². The van der Waals surface area contributed by atoms with E-state index in [4.69, 9.17) is 24.4 Å². The molecule has 5 nitrogen and oxygen atoms in total. The first-order valence-corrected chi connectivity index (χ1v) is 18.7. The first-order valence-electron chi connectivity index (χ1n) is 17.9. The molecular weight excluding hydrogens is 681 g/mol. The minimum atomic E-state index is 0.604. The molecule has 0 amide bonds. The van der Waals surface area contributed by atoms with E-state index in [1.165, 1.54) is 15.5 Å². The van der Waals surface area contributed by atoms with Crippen LogP contribution < -0.4 is 0 Å². The SMILES string of the molecule is c1ccc(-c2nc(-c3ccccc3)nc(-c3ccc(-c4cc5sc6ccccc6c5c5oc(-c6ccc7ccccc7c6)nc45)c4ccccc34)n2)cc1. The van der Waals surface area contributed by atoms with E-state index in [0.29, 0.717) is 23.4 Å². The lowest BCUT2D eigenvalue weighted by molar-refractivity contribution is 0.623. The number of oxazole rings is 1. The Kier molecular flexibility index (Phi) is 6.97. The van der Waals surface area contributed by atoms with Gasteiger partial charge in [0, 0.05) is 48.0 Å². The number of aromatic nitrogens is 4. The zero-order chi connectivity index (χ0) is 35.6. The minimum Gasteiger partial charge on any atom is -0.435 e. The monoisotopic (exact) mass is 708 g/mol. The summed E-state index contributed by atoms with van der Waals surface area (Å²) in [5.41, 5.74) is 7.48. The number of nitrogens with zero attached hydrogens (tertiary/aromatic N) is 4. The summed E-state index contributed by atoms with van der Waals surface area (Å²) in [4.78, 5) is 20.4. The fourth-order valence-electron chi connectivity index (χ4n) is 7.58. The van der Waals surface area contributed by atoms with E-state index in [-0.39, 0.29) is 0 Å². The Morgan fingerprint density at radius 1 is 0.389 bits per heavy atom. The van der Waals surface area contributed by atoms with Gasteiger partial charge < -0.3 is 4.42 Å². The van der Waals surface area contributed by atoms with Gasteiger partial charge in [-0.3, -0.25) is 0 Å². The second-order valence-corrected chi connectivity index (χ2v) is 14.5. The van der Waals surface area contributed by atoms with Crippen molar-refractivity contribution in [3.8, 4) is 56.7 Å². The molecular formula is C48H28N4OS. The molecule has 0 radical (unpaired) electrons. The van der Waals surface area contributed by atoms with Gasteiger partial charge in [0.15, 0.2) is 23.1 Å². The fraction of sp³-hybridized carbons (Fsp3) is 0. The van der Waals surface area contributed by atoms with Crippen LogP contribution in [0.3, 0.4) is 0 Å². The molecule has 0 N–H and O–H groups in total. The van der Waals surface area contributed by atoms with Crippen molar-refractivity contribution in [2.75, 3.05) is 0 Å². The van der Waals surface area contributed by atoms with E-state index in [1.807, 2.05) is 60.7 Å². The molecule has 0 aliphatic heterocycles. The topological polar surface area (TPSA) is 64.7 Å². The van der Waals surface area contributed by atoms with Crippen LogP contribution in [0.15, 0.2) is 174 Å². The number of fused-ring (bicyclic) bond motifs is 7. The van der Waals surface area contributed by atoms with Gasteiger partial charge >= 0.3 is 0 Å². The predicted octanol–water partition coefficient (Wildman–Crippen LogP) is 13.0. The molecule has 3 heterocycles. The molecule has 0 bridgehead atoms. The molecule has 252 valence electrons. The van der Waals surface area contributed by atoms with Crippen LogP contribution in [-0.4, -0.2) is 19.9 Å². The van der Waals surface area contributed by atoms with Crippen molar-refractivity contribution >= 4 is 64.2 Å². The Labute approximate surface area is 313 Å². The molecule has 54 heavy (non-hydrogen) atoms. The van der Waals surface area contributed by atoms with Crippen molar-refractivity contribution in [3.05, 3.63) is 170 Å². The molecule has 0 atom stereocenters. The number of hydrogen-bond donors (Lipinski definition) is 0. The van der Waals surface area contributed by atoms with Gasteiger partial charge in [-0.2, -0.15) is 0 Å². The third kappa shape index (κ3) is 4.99. The number of hydrogen-bond acceptors (Lipinski definition) is 6. The molecule has 0 aliphatic carbocycles. The van der Waals surface area contributed by atoms with Crippen molar-refractivity contribution < 1.29 is 4.42 Å². The normalized spacial score (nSPS) is 11.7. The number of benzene rings is 8. The van der Waals surface area contributed by atoms with E-state index in [0.717, 1.165) is 70.7 Å². The molecule has 0 aliphatic rings. The predicted molar refractivity (Wildman–Crippen MR) is 222 cm³/mol. The summed E-state index contributed by atoms with van der Waals surface area (Å²) in [6.45, 7) is 0. The third-order valence-corrected chi connectivity index (χ3v) is 11.3. The van der Waals surface area contributed by atoms with Gasteiger partial charge in [0.25, 0.3) is 0 Å². The third-order valence-electron chi connectivity index (χ3n) is 10.2. The van der Waals surface area contributed by atoms with Crippen LogP contribution in [0.1, 0.15) is 0 Å². The molecule has 0 unspecified atom stereocenters. The minimum absolute atomic E-state index is 0.604. The highest BCUT2D eigenvalue weighted by atomic mass is 32.1.